The Morgan fingerprint density at radius 3 is 2.38 bits per heavy atom. The Morgan fingerprint density at radius 1 is 1.00 bits per heavy atom. The summed E-state index contributed by atoms with van der Waals surface area (Å²) in [5.41, 5.74) is 2.72. The fraction of sp³-hybridized carbons (Fsp3) is 0.226. The van der Waals surface area contributed by atoms with Crippen LogP contribution >= 0.6 is 15.9 Å². The van der Waals surface area contributed by atoms with E-state index in [1.165, 1.54) is 38.6 Å². The summed E-state index contributed by atoms with van der Waals surface area (Å²) in [7, 11) is 2.72. The van der Waals surface area contributed by atoms with E-state index < -0.39 is 51.8 Å². The van der Waals surface area contributed by atoms with Crippen molar-refractivity contribution >= 4 is 51.4 Å². The topological polar surface area (TPSA) is 232 Å². The zero-order chi connectivity index (χ0) is 36.5. The van der Waals surface area contributed by atoms with Crippen LogP contribution in [-0.4, -0.2) is 61.4 Å². The molecule has 0 saturated heterocycles. The van der Waals surface area contributed by atoms with Crippen molar-refractivity contribution in [3.8, 4) is 28.7 Å². The van der Waals surface area contributed by atoms with E-state index in [-0.39, 0.29) is 40.9 Å². The van der Waals surface area contributed by atoms with Crippen molar-refractivity contribution in [1.82, 2.24) is 16.1 Å². The van der Waals surface area contributed by atoms with Crippen molar-refractivity contribution < 1.29 is 47.9 Å². The highest BCUT2D eigenvalue weighted by Gasteiger charge is 2.33. The molecule has 0 aromatic heterocycles. The minimum atomic E-state index is -0.830. The number of benzene rings is 3. The van der Waals surface area contributed by atoms with Gasteiger partial charge in [0.05, 0.1) is 59.0 Å². The summed E-state index contributed by atoms with van der Waals surface area (Å²) in [5, 5.41) is 31.7. The summed E-state index contributed by atoms with van der Waals surface area (Å²) in [6, 6.07) is 9.33. The Bertz CT molecular complexity index is 1910. The van der Waals surface area contributed by atoms with Crippen LogP contribution in [0.15, 0.2) is 69.4 Å². The maximum absolute atomic E-state index is 12.6. The highest BCUT2D eigenvalue weighted by Crippen LogP contribution is 2.42. The quantitative estimate of drug-likeness (QED) is 0.0872. The first-order valence-electron chi connectivity index (χ1n) is 14.4. The molecule has 0 saturated carbocycles. The average Bonchev–Trinajstić information content (AvgIpc) is 3.07. The average molecular weight is 758 g/mol. The third-order valence-electron chi connectivity index (χ3n) is 6.86. The number of ether oxygens (including phenoxy) is 5. The Balaban J connectivity index is 1.42. The molecule has 4 rings (SSSR count). The van der Waals surface area contributed by atoms with Crippen LogP contribution in [0.4, 0.5) is 16.2 Å². The highest BCUT2D eigenvalue weighted by molar-refractivity contribution is 9.10. The van der Waals surface area contributed by atoms with Gasteiger partial charge in [0.25, 0.3) is 11.6 Å². The van der Waals surface area contributed by atoms with Crippen LogP contribution < -0.4 is 35.0 Å². The van der Waals surface area contributed by atoms with Gasteiger partial charge in [0.2, 0.25) is 5.75 Å². The Labute approximate surface area is 291 Å². The number of hydrogen-bond acceptors (Lipinski definition) is 13. The first-order chi connectivity index (χ1) is 23.9. The van der Waals surface area contributed by atoms with Crippen LogP contribution in [0.3, 0.4) is 0 Å². The van der Waals surface area contributed by atoms with Gasteiger partial charge in [-0.3, -0.25) is 25.0 Å². The van der Waals surface area contributed by atoms with Gasteiger partial charge in [-0.25, -0.2) is 15.0 Å². The number of nitro benzene ring substituents is 2. The zero-order valence-electron chi connectivity index (χ0n) is 26.8. The fourth-order valence-electron chi connectivity index (χ4n) is 4.63. The lowest BCUT2D eigenvalue weighted by molar-refractivity contribution is -0.394. The van der Waals surface area contributed by atoms with Crippen molar-refractivity contribution in [3.05, 3.63) is 95.6 Å². The highest BCUT2D eigenvalue weighted by atomic mass is 79.9. The lowest BCUT2D eigenvalue weighted by Gasteiger charge is -2.28. The zero-order valence-corrected chi connectivity index (χ0v) is 28.4. The predicted molar refractivity (Wildman–Crippen MR) is 178 cm³/mol. The Hall–Kier alpha value is -6.24. The normalized spacial score (nSPS) is 13.9. The molecular formula is C31H29BrN6O12. The molecule has 1 aliphatic heterocycles. The van der Waals surface area contributed by atoms with Crippen LogP contribution in [0.5, 0.6) is 28.7 Å². The molecule has 0 bridgehead atoms. The molecule has 3 amide bonds. The molecule has 3 aromatic carbocycles. The number of esters is 1. The number of rotatable bonds is 14. The number of allylic oxidation sites excluding steroid dienone is 1. The molecule has 0 aliphatic carbocycles. The van der Waals surface area contributed by atoms with Crippen molar-refractivity contribution in [1.29, 1.82) is 0 Å². The molecule has 0 radical (unpaired) electrons. The summed E-state index contributed by atoms with van der Waals surface area (Å²) < 4.78 is 27.6. The summed E-state index contributed by atoms with van der Waals surface area (Å²) in [5.74, 6) is -0.879. The minimum Gasteiger partial charge on any atom is -0.493 e. The molecule has 1 atom stereocenters. The van der Waals surface area contributed by atoms with Gasteiger partial charge in [0.15, 0.2) is 29.6 Å². The van der Waals surface area contributed by atoms with E-state index in [0.717, 1.165) is 18.2 Å². The number of carbonyl (C=O) groups is 3. The second kappa shape index (κ2) is 16.2. The second-order valence-electron chi connectivity index (χ2n) is 10.1. The molecule has 0 unspecified atom stereocenters. The third kappa shape index (κ3) is 8.61. The van der Waals surface area contributed by atoms with Gasteiger partial charge >= 0.3 is 17.7 Å². The van der Waals surface area contributed by atoms with Gasteiger partial charge in [0, 0.05) is 11.8 Å². The smallest absolute Gasteiger partial charge is 0.338 e. The third-order valence-corrected chi connectivity index (χ3v) is 7.45. The van der Waals surface area contributed by atoms with E-state index in [1.54, 1.807) is 26.0 Å². The molecule has 1 aliphatic rings. The number of nitrogens with zero attached hydrogens (tertiary/aromatic N) is 3. The molecule has 3 aromatic rings. The van der Waals surface area contributed by atoms with Crippen molar-refractivity contribution in [2.75, 3.05) is 27.4 Å². The number of halogens is 1. The van der Waals surface area contributed by atoms with Crippen molar-refractivity contribution in [2.24, 2.45) is 5.10 Å². The van der Waals surface area contributed by atoms with Gasteiger partial charge < -0.3 is 34.3 Å². The number of non-ortho nitro benzene ring substituents is 1. The summed E-state index contributed by atoms with van der Waals surface area (Å²) in [6.07, 6.45) is 1.29. The van der Waals surface area contributed by atoms with E-state index in [0.29, 0.717) is 21.3 Å². The maximum Gasteiger partial charge on any atom is 0.338 e. The lowest BCUT2D eigenvalue weighted by atomic mass is 9.95. The lowest BCUT2D eigenvalue weighted by Crippen LogP contribution is -2.45. The number of methoxy groups -OCH3 is 2. The van der Waals surface area contributed by atoms with Crippen LogP contribution in [0.25, 0.3) is 0 Å². The largest absolute Gasteiger partial charge is 0.493 e. The first-order valence-corrected chi connectivity index (χ1v) is 15.2. The number of nitrogens with one attached hydrogen (secondary N) is 3. The summed E-state index contributed by atoms with van der Waals surface area (Å²) in [4.78, 5) is 58.3. The predicted octanol–water partition coefficient (Wildman–Crippen LogP) is 4.80. The molecule has 50 heavy (non-hydrogen) atoms. The van der Waals surface area contributed by atoms with Gasteiger partial charge in [-0.2, -0.15) is 5.10 Å². The molecule has 18 nitrogen and oxygen atoms in total. The SMILES string of the molecule is CCOC(=O)C1=C(C)NC(=O)N[C@@H]1c1ccc(OCC(=O)N/N=C\c2cc(Br)c(Oc3ccc([N+](=O)[O-])cc3[N+](=O)[O-])c(OC)c2)c(OC)c1. The molecule has 0 fully saturated rings. The first kappa shape index (κ1) is 36.6. The number of urea groups is 1. The van der Waals surface area contributed by atoms with Gasteiger partial charge in [-0.05, 0) is 71.2 Å². The molecule has 3 N–H and O–H groups in total. The van der Waals surface area contributed by atoms with E-state index >= 15 is 0 Å². The van der Waals surface area contributed by atoms with E-state index in [4.69, 9.17) is 23.7 Å². The molecule has 1 heterocycles. The van der Waals surface area contributed by atoms with Gasteiger partial charge in [-0.1, -0.05) is 6.07 Å². The number of carbonyl (C=O) groups excluding carboxylic acids is 3. The minimum absolute atomic E-state index is 0.0461. The van der Waals surface area contributed by atoms with Crippen molar-refractivity contribution in [2.45, 2.75) is 19.9 Å². The van der Waals surface area contributed by atoms with Crippen LogP contribution in [0, 0.1) is 20.2 Å². The van der Waals surface area contributed by atoms with E-state index in [9.17, 15) is 34.6 Å². The summed E-state index contributed by atoms with van der Waals surface area (Å²) >= 11 is 3.32. The van der Waals surface area contributed by atoms with Crippen LogP contribution in [-0.2, 0) is 14.3 Å². The molecule has 19 heteroatoms. The standard InChI is InChI=1S/C31H29BrN6O12/c1-5-48-30(40)27-16(2)34-31(41)35-28(27)18-6-8-23(24(12-18)46-3)49-15-26(39)36-33-14-17-10-20(32)29(25(11-17)47-4)50-22-9-7-19(37(42)43)13-21(22)38(44)45/h6-14,28H,5,15H2,1-4H3,(H,36,39)(H2,34,35,41)/b33-14-/t28-/m1/s1. The van der Waals surface area contributed by atoms with Crippen molar-refractivity contribution in [3.63, 3.8) is 0 Å². The van der Waals surface area contributed by atoms with Gasteiger partial charge in [-0.15, -0.1) is 0 Å². The number of hydrazone groups is 1. The van der Waals surface area contributed by atoms with E-state index in [1.807, 2.05) is 0 Å². The number of amides is 3. The molecule has 0 spiro atoms. The van der Waals surface area contributed by atoms with E-state index in [2.05, 4.69) is 37.1 Å². The number of hydrogen-bond donors (Lipinski definition) is 3. The fourth-order valence-corrected chi connectivity index (χ4v) is 5.17. The molecular weight excluding hydrogens is 728 g/mol. The summed E-state index contributed by atoms with van der Waals surface area (Å²) in [6.45, 7) is 2.94. The Morgan fingerprint density at radius 2 is 1.72 bits per heavy atom. The number of nitro groups is 2. The monoisotopic (exact) mass is 756 g/mol. The van der Waals surface area contributed by atoms with Crippen LogP contribution in [0.2, 0.25) is 0 Å². The Kier molecular flexibility index (Phi) is 11.9. The maximum atomic E-state index is 12.6. The van der Waals surface area contributed by atoms with Gasteiger partial charge in [0.1, 0.15) is 0 Å². The van der Waals surface area contributed by atoms with Crippen LogP contribution in [0.1, 0.15) is 31.0 Å². The second-order valence-corrected chi connectivity index (χ2v) is 10.9. The molecule has 262 valence electrons.